The van der Waals surface area contributed by atoms with Gasteiger partial charge in [-0.05, 0) is 17.2 Å². The molecule has 1 aliphatic rings. The summed E-state index contributed by atoms with van der Waals surface area (Å²) in [5.41, 5.74) is 4.05. The fourth-order valence-electron chi connectivity index (χ4n) is 4.49. The maximum atomic E-state index is 12.1. The van der Waals surface area contributed by atoms with Crippen molar-refractivity contribution >= 4 is 0 Å². The molecule has 0 bridgehead atoms. The zero-order valence-corrected chi connectivity index (χ0v) is 16.0. The summed E-state index contributed by atoms with van der Waals surface area (Å²) in [6.45, 7) is 0. The Morgan fingerprint density at radius 2 is 1.10 bits per heavy atom. The van der Waals surface area contributed by atoms with Gasteiger partial charge in [0, 0.05) is 17.0 Å². The molecule has 2 nitrogen and oxygen atoms in total. The van der Waals surface area contributed by atoms with Crippen molar-refractivity contribution in [3.63, 3.8) is 0 Å². The second-order valence-electron chi connectivity index (χ2n) is 7.48. The molecule has 0 amide bonds. The zero-order valence-electron chi connectivity index (χ0n) is 16.0. The number of fused-ring (bicyclic) bond motifs is 1. The molecule has 142 valence electrons. The highest BCUT2D eigenvalue weighted by Crippen LogP contribution is 2.55. The summed E-state index contributed by atoms with van der Waals surface area (Å²) >= 11 is 0. The predicted octanol–water partition coefficient (Wildman–Crippen LogP) is 5.84. The van der Waals surface area contributed by atoms with Gasteiger partial charge in [-0.15, -0.1) is 0 Å². The van der Waals surface area contributed by atoms with Crippen molar-refractivity contribution < 1.29 is 9.84 Å². The van der Waals surface area contributed by atoms with Crippen LogP contribution in [-0.2, 0) is 5.79 Å². The Balaban J connectivity index is 1.80. The lowest BCUT2D eigenvalue weighted by molar-refractivity contribution is -0.177. The summed E-state index contributed by atoms with van der Waals surface area (Å²) in [4.78, 5) is 0. The highest BCUT2D eigenvalue weighted by molar-refractivity contribution is 5.50. The number of ether oxygens (including phenoxy) is 1. The molecule has 0 aliphatic carbocycles. The lowest BCUT2D eigenvalue weighted by Crippen LogP contribution is -2.45. The van der Waals surface area contributed by atoms with Crippen LogP contribution in [0.5, 0.6) is 5.75 Å². The molecule has 0 saturated carbocycles. The summed E-state index contributed by atoms with van der Waals surface area (Å²) in [7, 11) is 0. The first-order chi connectivity index (χ1) is 14.3. The molecule has 3 atom stereocenters. The maximum absolute atomic E-state index is 12.1. The van der Waals surface area contributed by atoms with Gasteiger partial charge in [0.1, 0.15) is 5.75 Å². The van der Waals surface area contributed by atoms with Gasteiger partial charge in [0.15, 0.2) is 0 Å². The molecule has 0 spiro atoms. The average Bonchev–Trinajstić information content (AvgIpc) is 2.80. The van der Waals surface area contributed by atoms with E-state index in [1.54, 1.807) is 0 Å². The number of hydrogen-bond acceptors (Lipinski definition) is 2. The lowest BCUT2D eigenvalue weighted by atomic mass is 9.69. The van der Waals surface area contributed by atoms with Crippen LogP contribution >= 0.6 is 0 Å². The van der Waals surface area contributed by atoms with Crippen molar-refractivity contribution in [2.45, 2.75) is 17.6 Å². The van der Waals surface area contributed by atoms with Crippen molar-refractivity contribution in [3.05, 3.63) is 138 Å². The van der Waals surface area contributed by atoms with Crippen LogP contribution in [0.4, 0.5) is 0 Å². The molecule has 0 aromatic heterocycles. The van der Waals surface area contributed by atoms with Crippen LogP contribution in [0.3, 0.4) is 0 Å². The molecule has 4 aromatic carbocycles. The van der Waals surface area contributed by atoms with E-state index in [-0.39, 0.29) is 11.8 Å². The van der Waals surface area contributed by atoms with E-state index in [4.69, 9.17) is 4.74 Å². The van der Waals surface area contributed by atoms with Gasteiger partial charge in [-0.3, -0.25) is 0 Å². The Labute approximate surface area is 171 Å². The number of rotatable bonds is 3. The minimum atomic E-state index is -1.49. The van der Waals surface area contributed by atoms with Gasteiger partial charge in [-0.2, -0.15) is 0 Å². The Bertz CT molecular complexity index is 1090. The molecule has 1 heterocycles. The van der Waals surface area contributed by atoms with Crippen molar-refractivity contribution in [1.82, 2.24) is 0 Å². The minimum absolute atomic E-state index is 0.0474. The molecule has 0 fully saturated rings. The summed E-state index contributed by atoms with van der Waals surface area (Å²) < 4.78 is 6.38. The predicted molar refractivity (Wildman–Crippen MR) is 115 cm³/mol. The van der Waals surface area contributed by atoms with Crippen molar-refractivity contribution in [1.29, 1.82) is 0 Å². The van der Waals surface area contributed by atoms with E-state index in [1.807, 2.05) is 72.8 Å². The van der Waals surface area contributed by atoms with Crippen LogP contribution in [0.2, 0.25) is 0 Å². The zero-order chi connectivity index (χ0) is 19.7. The molecule has 29 heavy (non-hydrogen) atoms. The quantitative estimate of drug-likeness (QED) is 0.485. The van der Waals surface area contributed by atoms with Gasteiger partial charge >= 0.3 is 0 Å². The third-order valence-corrected chi connectivity index (χ3v) is 5.78. The highest BCUT2D eigenvalue weighted by Gasteiger charge is 2.51. The normalized spacial score (nSPS) is 23.1. The fourth-order valence-corrected chi connectivity index (χ4v) is 4.49. The van der Waals surface area contributed by atoms with Gasteiger partial charge in [0.2, 0.25) is 5.79 Å². The standard InChI is InChI=1S/C27H22O2/c28-27(22-16-8-3-9-17-22)26(21-14-6-2-7-15-21)25(20-12-4-1-5-13-20)23-18-10-11-19-24(23)29-27/h1-19,25-26,28H/t25-,26-,27+/m1/s1. The summed E-state index contributed by atoms with van der Waals surface area (Å²) in [5.74, 6) is -1.12. The minimum Gasteiger partial charge on any atom is -0.457 e. The van der Waals surface area contributed by atoms with Crippen molar-refractivity contribution in [2.75, 3.05) is 0 Å². The van der Waals surface area contributed by atoms with E-state index in [0.29, 0.717) is 0 Å². The molecule has 0 unspecified atom stereocenters. The molecule has 1 aliphatic heterocycles. The summed E-state index contributed by atoms with van der Waals surface area (Å²) in [5, 5.41) is 12.1. The van der Waals surface area contributed by atoms with E-state index >= 15 is 0 Å². The molecule has 1 N–H and O–H groups in total. The SMILES string of the molecule is O[C@@]1(c2ccccc2)Oc2ccccc2[C@@H](c2ccccc2)[C@H]1c1ccccc1. The van der Waals surface area contributed by atoms with E-state index in [0.717, 1.165) is 28.0 Å². The van der Waals surface area contributed by atoms with Gasteiger partial charge in [-0.1, -0.05) is 109 Å². The highest BCUT2D eigenvalue weighted by atomic mass is 16.6. The van der Waals surface area contributed by atoms with E-state index in [9.17, 15) is 5.11 Å². The Morgan fingerprint density at radius 1 is 0.586 bits per heavy atom. The van der Waals surface area contributed by atoms with Gasteiger partial charge in [-0.25, -0.2) is 0 Å². The second kappa shape index (κ2) is 7.23. The second-order valence-corrected chi connectivity index (χ2v) is 7.48. The molecular formula is C27H22O2. The third kappa shape index (κ3) is 3.02. The molecule has 2 heteroatoms. The van der Waals surface area contributed by atoms with Crippen molar-refractivity contribution in [3.8, 4) is 5.75 Å². The monoisotopic (exact) mass is 378 g/mol. The fraction of sp³-hybridized carbons (Fsp3) is 0.111. The first-order valence-corrected chi connectivity index (χ1v) is 9.93. The Morgan fingerprint density at radius 3 is 1.76 bits per heavy atom. The summed E-state index contributed by atoms with van der Waals surface area (Å²) in [6, 6.07) is 38.3. The van der Waals surface area contributed by atoms with Crippen LogP contribution in [-0.4, -0.2) is 5.11 Å². The molecule has 0 radical (unpaired) electrons. The number of hydrogen-bond donors (Lipinski definition) is 1. The number of aliphatic hydroxyl groups is 1. The molecule has 0 saturated heterocycles. The molecule has 5 rings (SSSR count). The summed E-state index contributed by atoms with van der Waals surface area (Å²) in [6.07, 6.45) is 0. The van der Waals surface area contributed by atoms with E-state index in [2.05, 4.69) is 42.5 Å². The first-order valence-electron chi connectivity index (χ1n) is 9.93. The van der Waals surface area contributed by atoms with E-state index < -0.39 is 5.79 Å². The Kier molecular flexibility index (Phi) is 4.42. The smallest absolute Gasteiger partial charge is 0.242 e. The lowest BCUT2D eigenvalue weighted by Gasteiger charge is -2.46. The van der Waals surface area contributed by atoms with E-state index in [1.165, 1.54) is 0 Å². The molecular weight excluding hydrogens is 356 g/mol. The van der Waals surface area contributed by atoms with Crippen LogP contribution in [0.15, 0.2) is 115 Å². The molecule has 4 aromatic rings. The van der Waals surface area contributed by atoms with Gasteiger partial charge in [0.05, 0.1) is 5.92 Å². The van der Waals surface area contributed by atoms with Crippen molar-refractivity contribution in [2.24, 2.45) is 0 Å². The number of benzene rings is 4. The van der Waals surface area contributed by atoms with Crippen LogP contribution in [0, 0.1) is 0 Å². The number of para-hydroxylation sites is 1. The first kappa shape index (κ1) is 17.7. The van der Waals surface area contributed by atoms with Crippen LogP contribution in [0.1, 0.15) is 34.1 Å². The largest absolute Gasteiger partial charge is 0.457 e. The van der Waals surface area contributed by atoms with Gasteiger partial charge < -0.3 is 9.84 Å². The average molecular weight is 378 g/mol. The topological polar surface area (TPSA) is 29.5 Å². The Hall–Kier alpha value is -3.36. The van der Waals surface area contributed by atoms with Gasteiger partial charge in [0.25, 0.3) is 0 Å². The van der Waals surface area contributed by atoms with Crippen LogP contribution in [0.25, 0.3) is 0 Å². The van der Waals surface area contributed by atoms with Crippen LogP contribution < -0.4 is 4.74 Å². The third-order valence-electron chi connectivity index (χ3n) is 5.78. The maximum Gasteiger partial charge on any atom is 0.242 e.